The molecule has 2 aromatic heterocycles. The molecule has 0 aliphatic carbocycles. The molecule has 2 amide bonds. The van der Waals surface area contributed by atoms with E-state index < -0.39 is 46.8 Å². The summed E-state index contributed by atoms with van der Waals surface area (Å²) in [7, 11) is 0. The molecule has 4 rings (SSSR count). The Hall–Kier alpha value is -4.95. The van der Waals surface area contributed by atoms with E-state index in [0.29, 0.717) is 30.2 Å². The summed E-state index contributed by atoms with van der Waals surface area (Å²) in [6, 6.07) is 10.5. The van der Waals surface area contributed by atoms with Gasteiger partial charge in [-0.25, -0.2) is 4.68 Å². The molecule has 2 heterocycles. The SMILES string of the molecule is CCCc1c(Oc2ccc(NC(=O)c3nnn(-c4ccccc4C(F)(F)F)c3C(F)(F)F)cc2)ccnc1C(N)=O. The van der Waals surface area contributed by atoms with E-state index in [0.717, 1.165) is 18.2 Å². The highest BCUT2D eigenvalue weighted by molar-refractivity contribution is 6.03. The smallest absolute Gasteiger partial charge is 0.435 e. The average molecular weight is 578 g/mol. The largest absolute Gasteiger partial charge is 0.457 e. The minimum atomic E-state index is -5.28. The molecular formula is C26H20F6N6O3. The highest BCUT2D eigenvalue weighted by atomic mass is 19.4. The van der Waals surface area contributed by atoms with Crippen molar-refractivity contribution in [3.05, 3.63) is 89.0 Å². The molecule has 0 atom stereocenters. The third kappa shape index (κ3) is 6.28. The summed E-state index contributed by atoms with van der Waals surface area (Å²) < 4.78 is 88.0. The van der Waals surface area contributed by atoms with Crippen molar-refractivity contribution in [1.29, 1.82) is 0 Å². The van der Waals surface area contributed by atoms with Crippen molar-refractivity contribution >= 4 is 17.5 Å². The zero-order valence-electron chi connectivity index (χ0n) is 21.0. The lowest BCUT2D eigenvalue weighted by Gasteiger charge is -2.15. The number of amides is 2. The predicted molar refractivity (Wildman–Crippen MR) is 133 cm³/mol. The lowest BCUT2D eigenvalue weighted by molar-refractivity contribution is -0.145. The van der Waals surface area contributed by atoms with E-state index in [1.807, 2.05) is 6.92 Å². The van der Waals surface area contributed by atoms with Crippen LogP contribution in [0.5, 0.6) is 11.5 Å². The predicted octanol–water partition coefficient (Wildman–Crippen LogP) is 5.80. The Balaban J connectivity index is 1.60. The molecule has 4 aromatic rings. The molecule has 15 heteroatoms. The second-order valence-corrected chi connectivity index (χ2v) is 8.54. The van der Waals surface area contributed by atoms with Crippen LogP contribution in [-0.4, -0.2) is 31.8 Å². The van der Waals surface area contributed by atoms with E-state index >= 15 is 0 Å². The molecule has 0 aliphatic heterocycles. The molecule has 9 nitrogen and oxygen atoms in total. The maximum Gasteiger partial charge on any atom is 0.435 e. The van der Waals surface area contributed by atoms with Crippen molar-refractivity contribution in [3.8, 4) is 17.2 Å². The molecule has 0 unspecified atom stereocenters. The number of carbonyl (C=O) groups is 2. The number of aromatic nitrogens is 4. The van der Waals surface area contributed by atoms with Crippen molar-refractivity contribution in [1.82, 2.24) is 20.0 Å². The first-order valence-corrected chi connectivity index (χ1v) is 11.9. The Labute approximate surface area is 227 Å². The second kappa shape index (κ2) is 11.3. The first-order chi connectivity index (χ1) is 19.3. The lowest BCUT2D eigenvalue weighted by Crippen LogP contribution is -2.22. The molecule has 0 aliphatic rings. The van der Waals surface area contributed by atoms with Crippen molar-refractivity contribution in [3.63, 3.8) is 0 Å². The highest BCUT2D eigenvalue weighted by Gasteiger charge is 2.44. The van der Waals surface area contributed by atoms with Gasteiger partial charge in [0.05, 0.1) is 11.3 Å². The second-order valence-electron chi connectivity index (χ2n) is 8.54. The van der Waals surface area contributed by atoms with E-state index in [2.05, 4.69) is 20.6 Å². The molecule has 41 heavy (non-hydrogen) atoms. The molecule has 0 bridgehead atoms. The minimum absolute atomic E-state index is 0.0297. The molecular weight excluding hydrogens is 558 g/mol. The number of anilines is 1. The average Bonchev–Trinajstić information content (AvgIpc) is 3.36. The first-order valence-electron chi connectivity index (χ1n) is 11.9. The summed E-state index contributed by atoms with van der Waals surface area (Å²) in [6.45, 7) is 1.89. The van der Waals surface area contributed by atoms with Crippen LogP contribution in [0, 0.1) is 0 Å². The number of alkyl halides is 6. The Morgan fingerprint density at radius 1 is 0.951 bits per heavy atom. The summed E-state index contributed by atoms with van der Waals surface area (Å²) in [5.74, 6) is -1.51. The zero-order valence-corrected chi connectivity index (χ0v) is 21.0. The van der Waals surface area contributed by atoms with Crippen LogP contribution >= 0.6 is 0 Å². The Morgan fingerprint density at radius 2 is 1.63 bits per heavy atom. The van der Waals surface area contributed by atoms with Gasteiger partial charge in [0.2, 0.25) is 0 Å². The van der Waals surface area contributed by atoms with Gasteiger partial charge in [-0.3, -0.25) is 14.6 Å². The number of halogens is 6. The number of pyridine rings is 1. The third-order valence-electron chi connectivity index (χ3n) is 5.68. The fraction of sp³-hybridized carbons (Fsp3) is 0.192. The Bertz CT molecular complexity index is 1580. The summed E-state index contributed by atoms with van der Waals surface area (Å²) >= 11 is 0. The van der Waals surface area contributed by atoms with Gasteiger partial charge in [-0.1, -0.05) is 30.7 Å². The monoisotopic (exact) mass is 578 g/mol. The van der Waals surface area contributed by atoms with Gasteiger partial charge in [0.15, 0.2) is 11.4 Å². The number of hydrogen-bond donors (Lipinski definition) is 2. The van der Waals surface area contributed by atoms with Gasteiger partial charge in [0.25, 0.3) is 11.8 Å². The molecule has 0 fully saturated rings. The topological polar surface area (TPSA) is 125 Å². The fourth-order valence-electron chi connectivity index (χ4n) is 3.95. The normalized spacial score (nSPS) is 11.8. The number of rotatable bonds is 8. The van der Waals surface area contributed by atoms with Gasteiger partial charge in [0, 0.05) is 17.4 Å². The van der Waals surface area contributed by atoms with Gasteiger partial charge >= 0.3 is 12.4 Å². The minimum Gasteiger partial charge on any atom is -0.457 e. The van der Waals surface area contributed by atoms with Crippen molar-refractivity contribution in [2.45, 2.75) is 32.1 Å². The lowest BCUT2D eigenvalue weighted by atomic mass is 10.1. The highest BCUT2D eigenvalue weighted by Crippen LogP contribution is 2.38. The number of nitrogens with zero attached hydrogens (tertiary/aromatic N) is 4. The quantitative estimate of drug-likeness (QED) is 0.255. The van der Waals surface area contributed by atoms with Crippen LogP contribution in [0.25, 0.3) is 5.69 Å². The number of hydrogen-bond acceptors (Lipinski definition) is 6. The number of ether oxygens (including phenoxy) is 1. The molecule has 214 valence electrons. The molecule has 0 saturated heterocycles. The van der Waals surface area contributed by atoms with Crippen LogP contribution in [0.4, 0.5) is 32.0 Å². The number of para-hydroxylation sites is 1. The molecule has 0 saturated carbocycles. The van der Waals surface area contributed by atoms with Crippen LogP contribution in [0.1, 0.15) is 51.1 Å². The standard InChI is InChI=1S/C26H20F6N6O3/c1-2-5-16-19(12-13-34-20(16)23(33)39)41-15-10-8-14(9-11-15)35-24(40)21-22(26(30,31)32)38(37-36-21)18-7-4-3-6-17(18)25(27,28)29/h3-4,6-13H,2,5H2,1H3,(H2,33,39)(H,35,40). The van der Waals surface area contributed by atoms with Crippen LogP contribution in [-0.2, 0) is 18.8 Å². The summed E-state index contributed by atoms with van der Waals surface area (Å²) in [6.07, 6.45) is -7.81. The van der Waals surface area contributed by atoms with E-state index in [-0.39, 0.29) is 21.8 Å². The zero-order chi connectivity index (χ0) is 29.9. The first kappa shape index (κ1) is 29.0. The van der Waals surface area contributed by atoms with E-state index in [4.69, 9.17) is 10.5 Å². The number of nitrogens with two attached hydrogens (primary N) is 1. The van der Waals surface area contributed by atoms with Gasteiger partial charge in [-0.2, -0.15) is 26.3 Å². The van der Waals surface area contributed by atoms with Crippen LogP contribution < -0.4 is 15.8 Å². The van der Waals surface area contributed by atoms with Gasteiger partial charge in [0.1, 0.15) is 17.2 Å². The molecule has 2 aromatic carbocycles. The van der Waals surface area contributed by atoms with Gasteiger partial charge < -0.3 is 15.8 Å². The third-order valence-corrected chi connectivity index (χ3v) is 5.68. The molecule has 0 spiro atoms. The van der Waals surface area contributed by atoms with Crippen molar-refractivity contribution in [2.24, 2.45) is 5.73 Å². The van der Waals surface area contributed by atoms with Gasteiger partial charge in [-0.15, -0.1) is 5.10 Å². The van der Waals surface area contributed by atoms with Crippen molar-refractivity contribution in [2.75, 3.05) is 5.32 Å². The Morgan fingerprint density at radius 3 is 2.24 bits per heavy atom. The fourth-order valence-corrected chi connectivity index (χ4v) is 3.95. The summed E-state index contributed by atoms with van der Waals surface area (Å²) in [4.78, 5) is 28.5. The van der Waals surface area contributed by atoms with Gasteiger partial charge in [-0.05, 0) is 48.9 Å². The summed E-state index contributed by atoms with van der Waals surface area (Å²) in [5, 5.41) is 8.69. The van der Waals surface area contributed by atoms with Crippen LogP contribution in [0.15, 0.2) is 60.8 Å². The Kier molecular flexibility index (Phi) is 7.98. The number of carbonyl (C=O) groups excluding carboxylic acids is 2. The number of nitrogens with one attached hydrogen (secondary N) is 1. The number of benzene rings is 2. The van der Waals surface area contributed by atoms with E-state index in [1.54, 1.807) is 0 Å². The summed E-state index contributed by atoms with van der Waals surface area (Å²) in [5.41, 5.74) is 0.627. The van der Waals surface area contributed by atoms with E-state index in [1.165, 1.54) is 36.5 Å². The maximum atomic E-state index is 14.0. The number of primary amides is 1. The van der Waals surface area contributed by atoms with Crippen LogP contribution in [0.3, 0.4) is 0 Å². The van der Waals surface area contributed by atoms with Crippen molar-refractivity contribution < 1.29 is 40.7 Å². The maximum absolute atomic E-state index is 14.0. The molecule has 0 radical (unpaired) electrons. The molecule has 3 N–H and O–H groups in total. The van der Waals surface area contributed by atoms with E-state index in [9.17, 15) is 35.9 Å². The van der Waals surface area contributed by atoms with Crippen LogP contribution in [0.2, 0.25) is 0 Å².